The van der Waals surface area contributed by atoms with Gasteiger partial charge < -0.3 is 4.74 Å². The number of ether oxygens (including phenoxy) is 1. The molecule has 0 aliphatic rings. The average molecular weight is 406 g/mol. The topological polar surface area (TPSA) is 72.5 Å². The molecule has 9 heteroatoms. The van der Waals surface area contributed by atoms with Crippen molar-refractivity contribution < 1.29 is 22.3 Å². The smallest absolute Gasteiger partial charge is 0.324 e. The second kappa shape index (κ2) is 8.14. The highest BCUT2D eigenvalue weighted by Crippen LogP contribution is 2.25. The third kappa shape index (κ3) is 5.15. The van der Waals surface area contributed by atoms with Crippen molar-refractivity contribution in [2.75, 3.05) is 0 Å². The fourth-order valence-electron chi connectivity index (χ4n) is 1.90. The highest BCUT2D eigenvalue weighted by Gasteiger charge is 2.23. The summed E-state index contributed by atoms with van der Waals surface area (Å²) in [6.07, 6.45) is 0. The summed E-state index contributed by atoms with van der Waals surface area (Å²) in [7, 11) is -3.99. The molecular formula is C16H14Cl2FNO4S. The normalized spacial score (nSPS) is 12.6. The highest BCUT2D eigenvalue weighted by molar-refractivity contribution is 7.89. The van der Waals surface area contributed by atoms with Gasteiger partial charge in [0.15, 0.2) is 0 Å². The Labute approximate surface area is 154 Å². The van der Waals surface area contributed by atoms with Crippen LogP contribution in [-0.4, -0.2) is 20.4 Å². The van der Waals surface area contributed by atoms with E-state index in [-0.39, 0.29) is 11.5 Å². The molecule has 0 unspecified atom stereocenters. The van der Waals surface area contributed by atoms with Crippen LogP contribution in [0.25, 0.3) is 0 Å². The lowest BCUT2D eigenvalue weighted by molar-refractivity contribution is -0.146. The Morgan fingerprint density at radius 1 is 1.16 bits per heavy atom. The maximum absolute atomic E-state index is 12.9. The summed E-state index contributed by atoms with van der Waals surface area (Å²) in [6.45, 7) is 1.14. The first-order valence-corrected chi connectivity index (χ1v) is 9.32. The van der Waals surface area contributed by atoms with Crippen molar-refractivity contribution in [3.63, 3.8) is 0 Å². The number of sulfonamides is 1. The lowest BCUT2D eigenvalue weighted by atomic mass is 10.2. The molecule has 0 aromatic heterocycles. The molecule has 0 saturated carbocycles. The van der Waals surface area contributed by atoms with Crippen LogP contribution in [0.3, 0.4) is 0 Å². The molecule has 25 heavy (non-hydrogen) atoms. The molecule has 134 valence electrons. The molecule has 0 spiro atoms. The Kier molecular flexibility index (Phi) is 6.40. The quantitative estimate of drug-likeness (QED) is 0.745. The van der Waals surface area contributed by atoms with E-state index in [0.717, 1.165) is 24.3 Å². The Morgan fingerprint density at radius 2 is 1.72 bits per heavy atom. The molecule has 0 heterocycles. The number of carbonyl (C=O) groups is 1. The number of hydrogen-bond acceptors (Lipinski definition) is 4. The van der Waals surface area contributed by atoms with Crippen molar-refractivity contribution in [2.24, 2.45) is 0 Å². The Balaban J connectivity index is 2.01. The van der Waals surface area contributed by atoms with Gasteiger partial charge in [0.2, 0.25) is 10.0 Å². The van der Waals surface area contributed by atoms with Crippen LogP contribution in [0.1, 0.15) is 12.5 Å². The van der Waals surface area contributed by atoms with Crippen LogP contribution in [-0.2, 0) is 26.2 Å². The summed E-state index contributed by atoms with van der Waals surface area (Å²) in [6, 6.07) is 7.90. The van der Waals surface area contributed by atoms with Crippen LogP contribution >= 0.6 is 23.2 Å². The van der Waals surface area contributed by atoms with Gasteiger partial charge in [-0.05, 0) is 43.3 Å². The van der Waals surface area contributed by atoms with Gasteiger partial charge >= 0.3 is 5.97 Å². The number of carbonyl (C=O) groups excluding carboxylic acids is 1. The summed E-state index contributed by atoms with van der Waals surface area (Å²) < 4.78 is 44.4. The van der Waals surface area contributed by atoms with Gasteiger partial charge in [-0.2, -0.15) is 4.72 Å². The Morgan fingerprint density at radius 3 is 2.28 bits per heavy atom. The standard InChI is InChI=1S/C16H14Cl2FNO4S/c1-10(20-25(22,23)12-7-5-11(19)6-8-12)16(21)24-9-13-14(17)3-2-4-15(13)18/h2-8,10,20H,9H2,1H3/t10-/m0/s1. The summed E-state index contributed by atoms with van der Waals surface area (Å²) in [5.41, 5.74) is 0.424. The van der Waals surface area contributed by atoms with Gasteiger partial charge in [-0.1, -0.05) is 29.3 Å². The summed E-state index contributed by atoms with van der Waals surface area (Å²) in [5.74, 6) is -1.37. The number of benzene rings is 2. The van der Waals surface area contributed by atoms with E-state index in [1.807, 2.05) is 0 Å². The first-order chi connectivity index (χ1) is 11.7. The van der Waals surface area contributed by atoms with E-state index >= 15 is 0 Å². The third-order valence-corrected chi connectivity index (χ3v) is 5.49. The molecule has 0 saturated heterocycles. The summed E-state index contributed by atoms with van der Waals surface area (Å²) in [5, 5.41) is 0.666. The monoisotopic (exact) mass is 405 g/mol. The molecular weight excluding hydrogens is 392 g/mol. The molecule has 0 aliphatic carbocycles. The predicted molar refractivity (Wildman–Crippen MR) is 92.4 cm³/mol. The zero-order valence-corrected chi connectivity index (χ0v) is 15.3. The maximum atomic E-state index is 12.9. The minimum absolute atomic E-state index is 0.164. The van der Waals surface area contributed by atoms with Gasteiger partial charge in [-0.3, -0.25) is 4.79 Å². The molecule has 0 aliphatic heterocycles. The molecule has 1 N–H and O–H groups in total. The largest absolute Gasteiger partial charge is 0.460 e. The first-order valence-electron chi connectivity index (χ1n) is 7.08. The van der Waals surface area contributed by atoms with Crippen molar-refractivity contribution >= 4 is 39.2 Å². The molecule has 0 bridgehead atoms. The lowest BCUT2D eigenvalue weighted by Gasteiger charge is -2.14. The minimum atomic E-state index is -3.99. The van der Waals surface area contributed by atoms with Crippen molar-refractivity contribution in [2.45, 2.75) is 24.5 Å². The van der Waals surface area contributed by atoms with E-state index in [0.29, 0.717) is 15.6 Å². The van der Waals surface area contributed by atoms with Gasteiger partial charge in [0.05, 0.1) is 4.90 Å². The SMILES string of the molecule is C[C@H](NS(=O)(=O)c1ccc(F)cc1)C(=O)OCc1c(Cl)cccc1Cl. The number of halogens is 3. The third-order valence-electron chi connectivity index (χ3n) is 3.23. The molecule has 2 rings (SSSR count). The number of hydrogen-bond donors (Lipinski definition) is 1. The van der Waals surface area contributed by atoms with Crippen molar-refractivity contribution in [3.05, 3.63) is 63.9 Å². The van der Waals surface area contributed by atoms with Crippen LogP contribution in [0, 0.1) is 5.82 Å². The van der Waals surface area contributed by atoms with E-state index in [1.165, 1.54) is 6.92 Å². The van der Waals surface area contributed by atoms with Gasteiger partial charge in [-0.25, -0.2) is 12.8 Å². The van der Waals surface area contributed by atoms with Crippen molar-refractivity contribution in [1.29, 1.82) is 0 Å². The second-order valence-corrected chi connectivity index (χ2v) is 7.63. The number of rotatable bonds is 6. The first kappa shape index (κ1) is 19.7. The Bertz CT molecular complexity index is 852. The molecule has 2 aromatic rings. The highest BCUT2D eigenvalue weighted by atomic mass is 35.5. The van der Waals surface area contributed by atoms with Gasteiger partial charge in [0.1, 0.15) is 18.5 Å². The zero-order valence-electron chi connectivity index (χ0n) is 13.0. The van der Waals surface area contributed by atoms with Crippen LogP contribution in [0.15, 0.2) is 47.4 Å². The molecule has 1 atom stereocenters. The van der Waals surface area contributed by atoms with Crippen LogP contribution < -0.4 is 4.72 Å². The van der Waals surface area contributed by atoms with E-state index in [4.69, 9.17) is 27.9 Å². The second-order valence-electron chi connectivity index (χ2n) is 5.10. The molecule has 0 fully saturated rings. The number of nitrogens with one attached hydrogen (secondary N) is 1. The van der Waals surface area contributed by atoms with Crippen molar-refractivity contribution in [3.8, 4) is 0 Å². The zero-order chi connectivity index (χ0) is 18.6. The van der Waals surface area contributed by atoms with E-state index in [9.17, 15) is 17.6 Å². The van der Waals surface area contributed by atoms with Crippen molar-refractivity contribution in [1.82, 2.24) is 4.72 Å². The summed E-state index contributed by atoms with van der Waals surface area (Å²) in [4.78, 5) is 11.8. The van der Waals surface area contributed by atoms with Crippen LogP contribution in [0.2, 0.25) is 10.0 Å². The molecule has 5 nitrogen and oxygen atoms in total. The summed E-state index contributed by atoms with van der Waals surface area (Å²) >= 11 is 11.9. The molecule has 0 amide bonds. The van der Waals surface area contributed by atoms with E-state index in [1.54, 1.807) is 18.2 Å². The lowest BCUT2D eigenvalue weighted by Crippen LogP contribution is -2.39. The van der Waals surface area contributed by atoms with Crippen LogP contribution in [0.5, 0.6) is 0 Å². The fraction of sp³-hybridized carbons (Fsp3) is 0.188. The van der Waals surface area contributed by atoms with E-state index < -0.39 is 27.9 Å². The van der Waals surface area contributed by atoms with Gasteiger partial charge in [-0.15, -0.1) is 0 Å². The van der Waals surface area contributed by atoms with Gasteiger partial charge in [0.25, 0.3) is 0 Å². The van der Waals surface area contributed by atoms with E-state index in [2.05, 4.69) is 4.72 Å². The average Bonchev–Trinajstić information content (AvgIpc) is 2.54. The Hall–Kier alpha value is -1.67. The molecule has 0 radical (unpaired) electrons. The maximum Gasteiger partial charge on any atom is 0.324 e. The molecule has 2 aromatic carbocycles. The van der Waals surface area contributed by atoms with Gasteiger partial charge in [0, 0.05) is 15.6 Å². The van der Waals surface area contributed by atoms with Crippen LogP contribution in [0.4, 0.5) is 4.39 Å². The minimum Gasteiger partial charge on any atom is -0.460 e. The fourth-order valence-corrected chi connectivity index (χ4v) is 3.60. The number of esters is 1. The predicted octanol–water partition coefficient (Wildman–Crippen LogP) is 3.54.